The van der Waals surface area contributed by atoms with Crippen LogP contribution in [0.25, 0.3) is 0 Å². The molecule has 0 spiro atoms. The van der Waals surface area contributed by atoms with Crippen LogP contribution in [-0.2, 0) is 21.1 Å². The van der Waals surface area contributed by atoms with Crippen LogP contribution in [0.1, 0.15) is 12.8 Å². The zero-order valence-electron chi connectivity index (χ0n) is 5.89. The summed E-state index contributed by atoms with van der Waals surface area (Å²) >= 11 is 0. The van der Waals surface area contributed by atoms with E-state index in [9.17, 15) is 0 Å². The molecule has 0 saturated heterocycles. The molecule has 0 N–H and O–H groups in total. The van der Waals surface area contributed by atoms with E-state index in [1.54, 1.807) is 0 Å². The smallest absolute Gasteiger partial charge is 1.00 e. The van der Waals surface area contributed by atoms with Gasteiger partial charge in [-0.3, -0.25) is 12.2 Å². The Kier molecular flexibility index (Phi) is 20.9. The van der Waals surface area contributed by atoms with Gasteiger partial charge < -0.3 is 30.9 Å². The van der Waals surface area contributed by atoms with Crippen LogP contribution < -0.4 is 24.8 Å². The normalized spacial score (nSPS) is 13.1. The maximum absolute atomic E-state index is 2.99. The van der Waals surface area contributed by atoms with E-state index < -0.39 is 0 Å². The Morgan fingerprint density at radius 1 is 1.00 bits per heavy atom. The summed E-state index contributed by atoms with van der Waals surface area (Å²) in [5.74, 6) is 0. The molecule has 0 aliphatic heterocycles. The summed E-state index contributed by atoms with van der Waals surface area (Å²) in [6.07, 6.45) is 16.0. The zero-order valence-corrected chi connectivity index (χ0v) is 9.41. The molecule has 62 valence electrons. The Balaban J connectivity index is -0.0000000967. The van der Waals surface area contributed by atoms with E-state index in [0.717, 1.165) is 12.8 Å². The van der Waals surface area contributed by atoms with Crippen molar-refractivity contribution in [2.24, 2.45) is 0 Å². The maximum atomic E-state index is 2.99. The molecule has 3 heteroatoms. The topological polar surface area (TPSA) is 0 Å². The van der Waals surface area contributed by atoms with E-state index >= 15 is 0 Å². The van der Waals surface area contributed by atoms with Crippen molar-refractivity contribution < 1.29 is 45.9 Å². The fourth-order valence-corrected chi connectivity index (χ4v) is 0.340. The SMILES string of the molecule is [C-]1=CC1.[C-]1=CC=CC1.[Cl-].[Cl-].[Mo+2]. The molecule has 0 nitrogen and oxygen atoms in total. The Morgan fingerprint density at radius 3 is 1.64 bits per heavy atom. The molecule has 0 unspecified atom stereocenters. The van der Waals surface area contributed by atoms with Gasteiger partial charge >= 0.3 is 21.1 Å². The van der Waals surface area contributed by atoms with E-state index in [-0.39, 0.29) is 45.9 Å². The molecular weight excluding hydrogens is 263 g/mol. The Morgan fingerprint density at radius 2 is 1.55 bits per heavy atom. The quantitative estimate of drug-likeness (QED) is 0.312. The van der Waals surface area contributed by atoms with E-state index in [1.807, 2.05) is 18.2 Å². The molecule has 0 saturated carbocycles. The number of rotatable bonds is 0. The molecule has 0 aromatic rings. The predicted octanol–water partition coefficient (Wildman–Crippen LogP) is -3.94. The van der Waals surface area contributed by atoms with Crippen molar-refractivity contribution in [3.63, 3.8) is 0 Å². The molecule has 0 aromatic heterocycles. The molecule has 0 heterocycles. The van der Waals surface area contributed by atoms with Crippen molar-refractivity contribution in [3.05, 3.63) is 36.5 Å². The van der Waals surface area contributed by atoms with Gasteiger partial charge in [0.15, 0.2) is 0 Å². The largest absolute Gasteiger partial charge is 2.00 e. The minimum absolute atomic E-state index is 0. The van der Waals surface area contributed by atoms with Crippen LogP contribution in [0.4, 0.5) is 0 Å². The average molecular weight is 271 g/mol. The zero-order chi connectivity index (χ0) is 5.66. The molecule has 0 bridgehead atoms. The van der Waals surface area contributed by atoms with Crippen LogP contribution in [0.3, 0.4) is 0 Å². The minimum Gasteiger partial charge on any atom is -1.00 e. The predicted molar refractivity (Wildman–Crippen MR) is 34.0 cm³/mol. The first-order valence-corrected chi connectivity index (χ1v) is 2.77. The second-order valence-electron chi connectivity index (χ2n) is 1.62. The van der Waals surface area contributed by atoms with Crippen molar-refractivity contribution >= 4 is 0 Å². The summed E-state index contributed by atoms with van der Waals surface area (Å²) in [6.45, 7) is 0. The summed E-state index contributed by atoms with van der Waals surface area (Å²) in [5.41, 5.74) is 0. The summed E-state index contributed by atoms with van der Waals surface area (Å²) in [5, 5.41) is 0. The second kappa shape index (κ2) is 13.1. The van der Waals surface area contributed by atoms with Crippen LogP contribution in [0.2, 0.25) is 0 Å². The molecule has 0 atom stereocenters. The van der Waals surface area contributed by atoms with Crippen LogP contribution in [0.15, 0.2) is 24.3 Å². The van der Waals surface area contributed by atoms with Gasteiger partial charge in [-0.15, -0.1) is 6.42 Å². The monoisotopic (exact) mass is 272 g/mol. The van der Waals surface area contributed by atoms with Crippen molar-refractivity contribution in [3.8, 4) is 0 Å². The molecule has 2 aliphatic carbocycles. The van der Waals surface area contributed by atoms with Gasteiger partial charge in [-0.25, -0.2) is 18.6 Å². The van der Waals surface area contributed by atoms with E-state index in [0.29, 0.717) is 0 Å². The Hall–Kier alpha value is 0.488. The summed E-state index contributed by atoms with van der Waals surface area (Å²) in [6, 6.07) is 0. The maximum Gasteiger partial charge on any atom is 2.00 e. The third-order valence-electron chi connectivity index (χ3n) is 0.790. The standard InChI is InChI=1S/C5H5.C3H3.2ClH.Mo/c1-2-4-5-3-1;1-2-3-1;;;/h1-3H,4H2;1H,2H2;2*1H;/q2*-1;;;+2/p-2. The molecule has 2 aliphatic rings. The van der Waals surface area contributed by atoms with Crippen LogP contribution in [-0.4, -0.2) is 0 Å². The van der Waals surface area contributed by atoms with E-state index in [1.165, 1.54) is 0 Å². The third kappa shape index (κ3) is 18.0. The first-order chi connectivity index (χ1) is 4.00. The average Bonchev–Trinajstić information content (AvgIpc) is 2.55. The summed E-state index contributed by atoms with van der Waals surface area (Å²) < 4.78 is 0. The van der Waals surface area contributed by atoms with E-state index in [4.69, 9.17) is 0 Å². The molecule has 0 radical (unpaired) electrons. The van der Waals surface area contributed by atoms with Crippen molar-refractivity contribution in [2.45, 2.75) is 12.8 Å². The second-order valence-corrected chi connectivity index (χ2v) is 1.62. The molecular formula is C8H8Cl2Mo-2. The van der Waals surface area contributed by atoms with Crippen molar-refractivity contribution in [1.82, 2.24) is 0 Å². The fraction of sp³-hybridized carbons (Fsp3) is 0.250. The van der Waals surface area contributed by atoms with Gasteiger partial charge in [0.1, 0.15) is 0 Å². The van der Waals surface area contributed by atoms with Gasteiger partial charge in [-0.1, -0.05) is 0 Å². The summed E-state index contributed by atoms with van der Waals surface area (Å²) in [4.78, 5) is 0. The van der Waals surface area contributed by atoms with Gasteiger partial charge in [-0.2, -0.15) is 6.08 Å². The van der Waals surface area contributed by atoms with Crippen molar-refractivity contribution in [1.29, 1.82) is 0 Å². The Bertz CT molecular complexity index is 125. The van der Waals surface area contributed by atoms with Gasteiger partial charge in [-0.05, 0) is 0 Å². The number of hydrogen-bond acceptors (Lipinski definition) is 0. The first kappa shape index (κ1) is 17.5. The first-order valence-electron chi connectivity index (χ1n) is 2.77. The van der Waals surface area contributed by atoms with Gasteiger partial charge in [0.05, 0.1) is 0 Å². The van der Waals surface area contributed by atoms with Gasteiger partial charge in [0, 0.05) is 0 Å². The van der Waals surface area contributed by atoms with Gasteiger partial charge in [0.2, 0.25) is 0 Å². The fourth-order valence-electron chi connectivity index (χ4n) is 0.340. The number of allylic oxidation sites excluding steroid dienone is 6. The van der Waals surface area contributed by atoms with Crippen molar-refractivity contribution in [2.75, 3.05) is 0 Å². The molecule has 0 fully saturated rings. The van der Waals surface area contributed by atoms with Crippen LogP contribution in [0.5, 0.6) is 0 Å². The number of hydrogen-bond donors (Lipinski definition) is 0. The summed E-state index contributed by atoms with van der Waals surface area (Å²) in [7, 11) is 0. The van der Waals surface area contributed by atoms with E-state index in [2.05, 4.69) is 18.2 Å². The molecule has 0 amide bonds. The number of halogens is 2. The minimum atomic E-state index is 0. The van der Waals surface area contributed by atoms with Gasteiger partial charge in [0.25, 0.3) is 0 Å². The Labute approximate surface area is 94.9 Å². The molecule has 11 heavy (non-hydrogen) atoms. The molecule has 2 rings (SSSR count). The van der Waals surface area contributed by atoms with Crippen LogP contribution in [0, 0.1) is 12.2 Å². The third-order valence-corrected chi connectivity index (χ3v) is 0.790. The molecule has 0 aromatic carbocycles. The van der Waals surface area contributed by atoms with Crippen LogP contribution >= 0.6 is 0 Å².